The highest BCUT2D eigenvalue weighted by Gasteiger charge is 2.27. The molecule has 0 spiro atoms. The molecule has 0 aliphatic heterocycles. The molecule has 1 amide bonds. The number of aryl methyl sites for hydroxylation is 1. The molecule has 7 nitrogen and oxygen atoms in total. The number of ether oxygens (including phenoxy) is 1. The average Bonchev–Trinajstić information content (AvgIpc) is 3.25. The minimum Gasteiger partial charge on any atom is -0.494 e. The number of hydrogen-bond donors (Lipinski definition) is 3. The maximum absolute atomic E-state index is 13.4. The largest absolute Gasteiger partial charge is 0.494 e. The lowest BCUT2D eigenvalue weighted by atomic mass is 10.0. The first-order chi connectivity index (χ1) is 16.8. The Kier molecular flexibility index (Phi) is 7.23. The molecule has 0 aliphatic carbocycles. The lowest BCUT2D eigenvalue weighted by Crippen LogP contribution is -2.45. The quantitative estimate of drug-likeness (QED) is 0.316. The van der Waals surface area contributed by atoms with E-state index in [1.54, 1.807) is 12.1 Å². The number of carbonyl (C=O) groups excluding carboxylic acids is 1. The van der Waals surface area contributed by atoms with Crippen molar-refractivity contribution in [2.24, 2.45) is 0 Å². The number of carbonyl (C=O) groups is 1. The van der Waals surface area contributed by atoms with Crippen molar-refractivity contribution in [2.75, 3.05) is 11.9 Å². The smallest absolute Gasteiger partial charge is 0.242 e. The van der Waals surface area contributed by atoms with Gasteiger partial charge in [0.2, 0.25) is 15.9 Å². The molecule has 1 heterocycles. The summed E-state index contributed by atoms with van der Waals surface area (Å²) in [4.78, 5) is 16.7. The van der Waals surface area contributed by atoms with Gasteiger partial charge in [0.15, 0.2) is 0 Å². The van der Waals surface area contributed by atoms with Crippen LogP contribution in [0.1, 0.15) is 23.6 Å². The maximum Gasteiger partial charge on any atom is 0.242 e. The molecular weight excluding hydrogens is 462 g/mol. The van der Waals surface area contributed by atoms with Gasteiger partial charge in [-0.05, 0) is 80.3 Å². The van der Waals surface area contributed by atoms with E-state index in [2.05, 4.69) is 15.0 Å². The number of aromatic nitrogens is 1. The van der Waals surface area contributed by atoms with Crippen LogP contribution in [0.15, 0.2) is 77.8 Å². The van der Waals surface area contributed by atoms with E-state index in [1.165, 1.54) is 12.1 Å². The second kappa shape index (κ2) is 10.3. The zero-order valence-electron chi connectivity index (χ0n) is 20.0. The minimum absolute atomic E-state index is 0.0596. The third kappa shape index (κ3) is 5.55. The van der Waals surface area contributed by atoms with Gasteiger partial charge in [-0.25, -0.2) is 8.42 Å². The molecule has 0 aliphatic rings. The molecule has 3 aromatic carbocycles. The van der Waals surface area contributed by atoms with E-state index >= 15 is 0 Å². The molecule has 0 radical (unpaired) electrons. The van der Waals surface area contributed by atoms with Crippen molar-refractivity contribution in [3.63, 3.8) is 0 Å². The zero-order chi connectivity index (χ0) is 25.0. The van der Waals surface area contributed by atoms with E-state index in [1.807, 2.05) is 69.4 Å². The van der Waals surface area contributed by atoms with Crippen LogP contribution in [-0.4, -0.2) is 32.0 Å². The summed E-state index contributed by atoms with van der Waals surface area (Å²) in [6.45, 7) is 6.22. The van der Waals surface area contributed by atoms with Gasteiger partial charge in [-0.3, -0.25) is 4.79 Å². The Morgan fingerprint density at radius 3 is 2.49 bits per heavy atom. The fourth-order valence-corrected chi connectivity index (χ4v) is 5.15. The molecule has 1 atom stereocenters. The lowest BCUT2D eigenvalue weighted by molar-refractivity contribution is -0.117. The Morgan fingerprint density at radius 2 is 1.74 bits per heavy atom. The Balaban J connectivity index is 1.64. The van der Waals surface area contributed by atoms with Crippen LogP contribution in [0.4, 0.5) is 5.69 Å². The maximum atomic E-state index is 13.4. The Hall–Kier alpha value is -3.62. The van der Waals surface area contributed by atoms with Crippen molar-refractivity contribution < 1.29 is 17.9 Å². The Bertz CT molecular complexity index is 1440. The van der Waals surface area contributed by atoms with E-state index in [0.29, 0.717) is 18.0 Å². The summed E-state index contributed by atoms with van der Waals surface area (Å²) in [7, 11) is -3.98. The van der Waals surface area contributed by atoms with Gasteiger partial charge in [0.05, 0.1) is 11.5 Å². The highest BCUT2D eigenvalue weighted by Crippen LogP contribution is 2.23. The number of benzene rings is 3. The van der Waals surface area contributed by atoms with Crippen LogP contribution in [0.3, 0.4) is 0 Å². The number of nitrogens with one attached hydrogen (secondary N) is 3. The highest BCUT2D eigenvalue weighted by molar-refractivity contribution is 7.89. The number of para-hydroxylation sites is 1. The molecule has 0 fully saturated rings. The Labute approximate surface area is 205 Å². The van der Waals surface area contributed by atoms with Crippen molar-refractivity contribution in [2.45, 2.75) is 38.1 Å². The third-order valence-corrected chi connectivity index (χ3v) is 7.51. The van der Waals surface area contributed by atoms with Gasteiger partial charge in [-0.2, -0.15) is 4.72 Å². The molecule has 0 saturated carbocycles. The fraction of sp³-hybridized carbons (Fsp3) is 0.222. The summed E-state index contributed by atoms with van der Waals surface area (Å²) in [5, 5.41) is 3.86. The summed E-state index contributed by atoms with van der Waals surface area (Å²) in [5.41, 5.74) is 4.38. The first kappa shape index (κ1) is 24.5. The summed E-state index contributed by atoms with van der Waals surface area (Å²) in [5.74, 6) is 0.146. The highest BCUT2D eigenvalue weighted by atomic mass is 32.2. The summed E-state index contributed by atoms with van der Waals surface area (Å²) in [6.07, 6.45) is 1.99. The molecular formula is C27H29N3O4S. The van der Waals surface area contributed by atoms with Crippen molar-refractivity contribution in [1.29, 1.82) is 0 Å². The van der Waals surface area contributed by atoms with Gasteiger partial charge >= 0.3 is 0 Å². The molecule has 35 heavy (non-hydrogen) atoms. The third-order valence-electron chi connectivity index (χ3n) is 6.02. The van der Waals surface area contributed by atoms with E-state index in [0.717, 1.165) is 27.6 Å². The average molecular weight is 492 g/mol. The van der Waals surface area contributed by atoms with Crippen molar-refractivity contribution in [3.8, 4) is 5.75 Å². The first-order valence-corrected chi connectivity index (χ1v) is 12.9. The van der Waals surface area contributed by atoms with E-state index in [4.69, 9.17) is 4.74 Å². The summed E-state index contributed by atoms with van der Waals surface area (Å²) in [6, 6.07) is 18.4. The van der Waals surface area contributed by atoms with Crippen LogP contribution >= 0.6 is 0 Å². The van der Waals surface area contributed by atoms with Crippen LogP contribution in [0.5, 0.6) is 5.75 Å². The number of hydrogen-bond acceptors (Lipinski definition) is 4. The SMILES string of the molecule is CCOc1ccc(S(=O)(=O)NC(Cc2c[nH]c3ccccc23)C(=O)Nc2cccc(C)c2C)cc1. The number of aromatic amines is 1. The van der Waals surface area contributed by atoms with Crippen LogP contribution < -0.4 is 14.8 Å². The second-order valence-corrected chi connectivity index (χ2v) is 10.1. The van der Waals surface area contributed by atoms with Gasteiger partial charge in [-0.1, -0.05) is 30.3 Å². The first-order valence-electron chi connectivity index (χ1n) is 11.5. The minimum atomic E-state index is -3.98. The number of rotatable bonds is 9. The van der Waals surface area contributed by atoms with Gasteiger partial charge in [-0.15, -0.1) is 0 Å². The number of anilines is 1. The predicted octanol–water partition coefficient (Wildman–Crippen LogP) is 4.71. The van der Waals surface area contributed by atoms with Crippen LogP contribution in [-0.2, 0) is 21.2 Å². The molecule has 3 N–H and O–H groups in total. The van der Waals surface area contributed by atoms with E-state index in [-0.39, 0.29) is 11.3 Å². The molecule has 1 unspecified atom stereocenters. The second-order valence-electron chi connectivity index (χ2n) is 8.38. The molecule has 0 bridgehead atoms. The van der Waals surface area contributed by atoms with Gasteiger partial charge in [0.25, 0.3) is 0 Å². The standard InChI is InChI=1S/C27H29N3O4S/c1-4-34-21-12-14-22(15-13-21)35(32,33)30-26(16-20-17-28-25-10-6-5-9-23(20)25)27(31)29-24-11-7-8-18(2)19(24)3/h5-15,17,26,28,30H,4,16H2,1-3H3,(H,29,31). The molecule has 0 saturated heterocycles. The monoisotopic (exact) mass is 491 g/mol. The number of H-pyrrole nitrogens is 1. The Morgan fingerprint density at radius 1 is 1.00 bits per heavy atom. The number of amides is 1. The van der Waals surface area contributed by atoms with Crippen molar-refractivity contribution >= 4 is 32.5 Å². The molecule has 182 valence electrons. The van der Waals surface area contributed by atoms with Crippen LogP contribution in [0, 0.1) is 13.8 Å². The molecule has 1 aromatic heterocycles. The van der Waals surface area contributed by atoms with Gasteiger partial charge < -0.3 is 15.0 Å². The molecule has 4 aromatic rings. The van der Waals surface area contributed by atoms with Crippen molar-refractivity contribution in [1.82, 2.24) is 9.71 Å². The number of sulfonamides is 1. The van der Waals surface area contributed by atoms with E-state index < -0.39 is 22.0 Å². The lowest BCUT2D eigenvalue weighted by Gasteiger charge is -2.20. The predicted molar refractivity (Wildman–Crippen MR) is 138 cm³/mol. The summed E-state index contributed by atoms with van der Waals surface area (Å²) >= 11 is 0. The van der Waals surface area contributed by atoms with Gasteiger partial charge in [0, 0.05) is 22.8 Å². The zero-order valence-corrected chi connectivity index (χ0v) is 20.8. The fourth-order valence-electron chi connectivity index (χ4n) is 3.95. The van der Waals surface area contributed by atoms with Crippen LogP contribution in [0.25, 0.3) is 10.9 Å². The summed E-state index contributed by atoms with van der Waals surface area (Å²) < 4.78 is 34.5. The molecule has 8 heteroatoms. The van der Waals surface area contributed by atoms with Crippen LogP contribution in [0.2, 0.25) is 0 Å². The number of fused-ring (bicyclic) bond motifs is 1. The van der Waals surface area contributed by atoms with Gasteiger partial charge in [0.1, 0.15) is 11.8 Å². The van der Waals surface area contributed by atoms with Crippen molar-refractivity contribution in [3.05, 3.63) is 89.6 Å². The van der Waals surface area contributed by atoms with E-state index in [9.17, 15) is 13.2 Å². The molecule has 4 rings (SSSR count). The topological polar surface area (TPSA) is 100 Å². The normalized spacial score (nSPS) is 12.4.